The van der Waals surface area contributed by atoms with Crippen LogP contribution in [0.2, 0.25) is 0 Å². The number of hydrogen-bond donors (Lipinski definition) is 1. The minimum Gasteiger partial charge on any atom is -0.469 e. The molecule has 2 aromatic rings. The van der Waals surface area contributed by atoms with Crippen LogP contribution in [0.1, 0.15) is 27.1 Å². The Hall–Kier alpha value is -1.74. The molecule has 1 heterocycles. The second-order valence-corrected chi connectivity index (χ2v) is 4.56. The molecule has 0 spiro atoms. The monoisotopic (exact) mass is 263 g/mol. The molecule has 1 N–H and O–H groups in total. The van der Waals surface area contributed by atoms with Gasteiger partial charge in [-0.25, -0.2) is 0 Å². The fourth-order valence-electron chi connectivity index (χ4n) is 1.63. The van der Waals surface area contributed by atoms with Crippen molar-refractivity contribution in [3.05, 3.63) is 59.5 Å². The summed E-state index contributed by atoms with van der Waals surface area (Å²) in [5.74, 6) is 0.541. The lowest BCUT2D eigenvalue weighted by atomic mass is 10.1. The van der Waals surface area contributed by atoms with Gasteiger partial charge < -0.3 is 9.73 Å². The number of carbonyl (C=O) groups excluding carboxylic acids is 1. The zero-order chi connectivity index (χ0) is 13.0. The molecule has 0 aliphatic rings. The Labute approximate surface area is 111 Å². The van der Waals surface area contributed by atoms with E-state index in [-0.39, 0.29) is 11.3 Å². The number of amides is 1. The summed E-state index contributed by atoms with van der Waals surface area (Å²) in [6.45, 7) is 2.18. The van der Waals surface area contributed by atoms with E-state index >= 15 is 0 Å². The Kier molecular flexibility index (Phi) is 4.05. The topological polar surface area (TPSA) is 42.2 Å². The second-order valence-electron chi connectivity index (χ2n) is 4.03. The Morgan fingerprint density at radius 2 is 2.11 bits per heavy atom. The number of hydrogen-bond acceptors (Lipinski definition) is 2. The molecule has 0 bridgehead atoms. The summed E-state index contributed by atoms with van der Waals surface area (Å²) in [7, 11) is 0. The summed E-state index contributed by atoms with van der Waals surface area (Å²) in [6, 6.07) is 11.3. The lowest BCUT2D eigenvalue weighted by Crippen LogP contribution is -2.26. The van der Waals surface area contributed by atoms with Crippen molar-refractivity contribution in [3.63, 3.8) is 0 Å². The fourth-order valence-corrected chi connectivity index (χ4v) is 1.85. The second kappa shape index (κ2) is 5.74. The van der Waals surface area contributed by atoms with Gasteiger partial charge in [0.25, 0.3) is 5.91 Å². The molecule has 0 fully saturated rings. The summed E-state index contributed by atoms with van der Waals surface area (Å²) < 4.78 is 5.08. The van der Waals surface area contributed by atoms with E-state index in [0.717, 1.165) is 5.56 Å². The van der Waals surface area contributed by atoms with Gasteiger partial charge in [0, 0.05) is 6.54 Å². The molecule has 0 aliphatic heterocycles. The lowest BCUT2D eigenvalue weighted by molar-refractivity contribution is 0.0953. The molecule has 1 aromatic heterocycles. The highest BCUT2D eigenvalue weighted by atomic mass is 35.5. The highest BCUT2D eigenvalue weighted by Crippen LogP contribution is 2.18. The molecule has 0 saturated heterocycles. The number of halogens is 1. The molecule has 1 unspecified atom stereocenters. The number of aryl methyl sites for hydroxylation is 1. The van der Waals surface area contributed by atoms with Crippen LogP contribution in [0.5, 0.6) is 0 Å². The van der Waals surface area contributed by atoms with Gasteiger partial charge >= 0.3 is 0 Å². The van der Waals surface area contributed by atoms with E-state index in [1.165, 1.54) is 6.26 Å². The van der Waals surface area contributed by atoms with E-state index in [1.807, 2.05) is 30.3 Å². The normalized spacial score (nSPS) is 12.1. The molecule has 2 rings (SSSR count). The van der Waals surface area contributed by atoms with Crippen molar-refractivity contribution < 1.29 is 9.21 Å². The summed E-state index contributed by atoms with van der Waals surface area (Å²) in [6.07, 6.45) is 1.44. The van der Waals surface area contributed by atoms with Gasteiger partial charge in [-0.3, -0.25) is 4.79 Å². The van der Waals surface area contributed by atoms with E-state index in [2.05, 4.69) is 5.32 Å². The number of rotatable bonds is 4. The predicted molar refractivity (Wildman–Crippen MR) is 70.8 cm³/mol. The Balaban J connectivity index is 1.90. The number of alkyl halides is 1. The van der Waals surface area contributed by atoms with Crippen molar-refractivity contribution in [3.8, 4) is 0 Å². The summed E-state index contributed by atoms with van der Waals surface area (Å²) in [4.78, 5) is 11.8. The van der Waals surface area contributed by atoms with Crippen molar-refractivity contribution >= 4 is 17.5 Å². The van der Waals surface area contributed by atoms with Gasteiger partial charge in [-0.2, -0.15) is 0 Å². The van der Waals surface area contributed by atoms with Crippen LogP contribution in [-0.4, -0.2) is 12.5 Å². The Bertz CT molecular complexity index is 522. The molecule has 94 valence electrons. The standard InChI is InChI=1S/C14H14ClNO2/c1-10-7-12(9-18-10)14(17)16-8-13(15)11-5-3-2-4-6-11/h2-7,9,13H,8H2,1H3,(H,16,17). The molecule has 0 aliphatic carbocycles. The molecule has 1 amide bonds. The van der Waals surface area contributed by atoms with Gasteiger partial charge in [0.05, 0.1) is 10.9 Å². The summed E-state index contributed by atoms with van der Waals surface area (Å²) >= 11 is 6.20. The van der Waals surface area contributed by atoms with Gasteiger partial charge in [0.1, 0.15) is 12.0 Å². The van der Waals surface area contributed by atoms with Crippen molar-refractivity contribution in [2.45, 2.75) is 12.3 Å². The number of carbonyl (C=O) groups is 1. The fraction of sp³-hybridized carbons (Fsp3) is 0.214. The highest BCUT2D eigenvalue weighted by molar-refractivity contribution is 6.21. The zero-order valence-corrected chi connectivity index (χ0v) is 10.8. The largest absolute Gasteiger partial charge is 0.469 e. The van der Waals surface area contributed by atoms with Crippen LogP contribution < -0.4 is 5.32 Å². The van der Waals surface area contributed by atoms with Crippen LogP contribution in [0.15, 0.2) is 47.1 Å². The van der Waals surface area contributed by atoms with Gasteiger partial charge in [0.2, 0.25) is 0 Å². The number of furan rings is 1. The van der Waals surface area contributed by atoms with Crippen LogP contribution in [-0.2, 0) is 0 Å². The maximum Gasteiger partial charge on any atom is 0.254 e. The molecular weight excluding hydrogens is 250 g/mol. The molecule has 1 aromatic carbocycles. The third-order valence-corrected chi connectivity index (χ3v) is 3.00. The van der Waals surface area contributed by atoms with E-state index in [4.69, 9.17) is 16.0 Å². The molecule has 18 heavy (non-hydrogen) atoms. The van der Waals surface area contributed by atoms with Crippen LogP contribution in [0.25, 0.3) is 0 Å². The van der Waals surface area contributed by atoms with Crippen LogP contribution in [0.3, 0.4) is 0 Å². The molecule has 3 nitrogen and oxygen atoms in total. The SMILES string of the molecule is Cc1cc(C(=O)NCC(Cl)c2ccccc2)co1. The Morgan fingerprint density at radius 1 is 1.39 bits per heavy atom. The average molecular weight is 264 g/mol. The third-order valence-electron chi connectivity index (χ3n) is 2.60. The van der Waals surface area contributed by atoms with Crippen molar-refractivity contribution in [2.24, 2.45) is 0 Å². The minimum atomic E-state index is -0.233. The van der Waals surface area contributed by atoms with E-state index in [0.29, 0.717) is 17.9 Å². The maximum absolute atomic E-state index is 11.8. The number of nitrogens with one attached hydrogen (secondary N) is 1. The first kappa shape index (κ1) is 12.7. The highest BCUT2D eigenvalue weighted by Gasteiger charge is 2.12. The smallest absolute Gasteiger partial charge is 0.254 e. The molecule has 1 atom stereocenters. The van der Waals surface area contributed by atoms with Crippen LogP contribution in [0.4, 0.5) is 0 Å². The first-order chi connectivity index (χ1) is 8.66. The van der Waals surface area contributed by atoms with Crippen molar-refractivity contribution in [1.29, 1.82) is 0 Å². The first-order valence-electron chi connectivity index (χ1n) is 5.69. The summed E-state index contributed by atoms with van der Waals surface area (Å²) in [5, 5.41) is 2.55. The quantitative estimate of drug-likeness (QED) is 0.860. The van der Waals surface area contributed by atoms with Crippen LogP contribution in [0, 0.1) is 6.92 Å². The molecule has 0 saturated carbocycles. The van der Waals surface area contributed by atoms with Gasteiger partial charge in [-0.05, 0) is 18.6 Å². The van der Waals surface area contributed by atoms with E-state index in [9.17, 15) is 4.79 Å². The predicted octanol–water partition coefficient (Wildman–Crippen LogP) is 3.30. The average Bonchev–Trinajstić information content (AvgIpc) is 2.83. The minimum absolute atomic E-state index is 0.173. The molecular formula is C14H14ClNO2. The van der Waals surface area contributed by atoms with Crippen LogP contribution >= 0.6 is 11.6 Å². The van der Waals surface area contributed by atoms with E-state index in [1.54, 1.807) is 13.0 Å². The third kappa shape index (κ3) is 3.14. The summed E-state index contributed by atoms with van der Waals surface area (Å²) in [5.41, 5.74) is 1.51. The molecule has 0 radical (unpaired) electrons. The lowest BCUT2D eigenvalue weighted by Gasteiger charge is -2.10. The zero-order valence-electron chi connectivity index (χ0n) is 10.0. The van der Waals surface area contributed by atoms with Gasteiger partial charge in [-0.15, -0.1) is 11.6 Å². The molecule has 4 heteroatoms. The van der Waals surface area contributed by atoms with Crippen molar-refractivity contribution in [1.82, 2.24) is 5.32 Å². The Morgan fingerprint density at radius 3 is 2.72 bits per heavy atom. The van der Waals surface area contributed by atoms with Gasteiger partial charge in [0.15, 0.2) is 0 Å². The van der Waals surface area contributed by atoms with E-state index < -0.39 is 0 Å². The number of benzene rings is 1. The first-order valence-corrected chi connectivity index (χ1v) is 6.13. The maximum atomic E-state index is 11.8. The van der Waals surface area contributed by atoms with Gasteiger partial charge in [-0.1, -0.05) is 30.3 Å². The van der Waals surface area contributed by atoms with Crippen molar-refractivity contribution in [2.75, 3.05) is 6.54 Å².